The van der Waals surface area contributed by atoms with Crippen molar-refractivity contribution in [1.29, 1.82) is 0 Å². The van der Waals surface area contributed by atoms with Gasteiger partial charge in [-0.2, -0.15) is 0 Å². The van der Waals surface area contributed by atoms with Crippen LogP contribution in [0.15, 0.2) is 0 Å². The first-order valence-electron chi connectivity index (χ1n) is 5.14. The number of carbonyl (C=O) groups is 1. The van der Waals surface area contributed by atoms with Gasteiger partial charge in [0.1, 0.15) is 0 Å². The Balaban J connectivity index is 2.05. The first-order chi connectivity index (χ1) is 6.33. The highest BCUT2D eigenvalue weighted by Gasteiger charge is 2.40. The minimum atomic E-state index is -0.00148. The summed E-state index contributed by atoms with van der Waals surface area (Å²) < 4.78 is 4.83. The van der Waals surface area contributed by atoms with Crippen LogP contribution in [0, 0.1) is 11.8 Å². The standard InChI is InChI=1S/C10H17NO2/c1-13-10(12)8-3-2-4-9-7(8)5-6-11-9/h7-9,11H,2-6H2,1H3. The third-order valence-electron chi connectivity index (χ3n) is 3.45. The van der Waals surface area contributed by atoms with Crippen LogP contribution in [0.4, 0.5) is 0 Å². The van der Waals surface area contributed by atoms with Crippen molar-refractivity contribution >= 4 is 5.97 Å². The van der Waals surface area contributed by atoms with E-state index in [1.165, 1.54) is 13.5 Å². The fraction of sp³-hybridized carbons (Fsp3) is 0.900. The average molecular weight is 183 g/mol. The van der Waals surface area contributed by atoms with Gasteiger partial charge in [0.2, 0.25) is 0 Å². The summed E-state index contributed by atoms with van der Waals surface area (Å²) in [6, 6.07) is 0.581. The maximum atomic E-state index is 11.5. The van der Waals surface area contributed by atoms with Crippen LogP contribution in [0.5, 0.6) is 0 Å². The molecule has 0 radical (unpaired) electrons. The molecule has 1 aliphatic carbocycles. The number of esters is 1. The average Bonchev–Trinajstić information content (AvgIpc) is 2.63. The molecule has 1 heterocycles. The summed E-state index contributed by atoms with van der Waals surface area (Å²) in [5.41, 5.74) is 0. The fourth-order valence-corrected chi connectivity index (χ4v) is 2.80. The lowest BCUT2D eigenvalue weighted by atomic mass is 9.76. The molecular weight excluding hydrogens is 166 g/mol. The van der Waals surface area contributed by atoms with Gasteiger partial charge in [-0.15, -0.1) is 0 Å². The van der Waals surface area contributed by atoms with Crippen LogP contribution in [0.3, 0.4) is 0 Å². The Morgan fingerprint density at radius 1 is 1.38 bits per heavy atom. The lowest BCUT2D eigenvalue weighted by molar-refractivity contribution is -0.148. The zero-order valence-corrected chi connectivity index (χ0v) is 8.08. The Morgan fingerprint density at radius 2 is 2.23 bits per heavy atom. The predicted octanol–water partition coefficient (Wildman–Crippen LogP) is 0.938. The molecule has 0 aromatic carbocycles. The summed E-state index contributed by atoms with van der Waals surface area (Å²) in [5, 5.41) is 3.46. The Hall–Kier alpha value is -0.570. The Morgan fingerprint density at radius 3 is 3.00 bits per heavy atom. The number of rotatable bonds is 1. The minimum Gasteiger partial charge on any atom is -0.469 e. The lowest BCUT2D eigenvalue weighted by Gasteiger charge is -2.31. The van der Waals surface area contributed by atoms with Crippen molar-refractivity contribution in [2.75, 3.05) is 13.7 Å². The molecule has 3 heteroatoms. The topological polar surface area (TPSA) is 38.3 Å². The zero-order valence-electron chi connectivity index (χ0n) is 8.08. The zero-order chi connectivity index (χ0) is 9.26. The summed E-state index contributed by atoms with van der Waals surface area (Å²) in [6.07, 6.45) is 4.56. The Bertz CT molecular complexity index is 205. The monoisotopic (exact) mass is 183 g/mol. The largest absolute Gasteiger partial charge is 0.469 e. The Kier molecular flexibility index (Phi) is 2.54. The highest BCUT2D eigenvalue weighted by molar-refractivity contribution is 5.73. The Labute approximate surface area is 78.8 Å². The number of fused-ring (bicyclic) bond motifs is 1. The normalized spacial score (nSPS) is 38.4. The van der Waals surface area contributed by atoms with E-state index in [2.05, 4.69) is 5.32 Å². The first kappa shape index (κ1) is 9.00. The van der Waals surface area contributed by atoms with Gasteiger partial charge in [-0.1, -0.05) is 6.42 Å². The third kappa shape index (κ3) is 1.57. The smallest absolute Gasteiger partial charge is 0.308 e. The van der Waals surface area contributed by atoms with Crippen LogP contribution in [-0.2, 0) is 9.53 Å². The van der Waals surface area contributed by atoms with Crippen LogP contribution in [0.2, 0.25) is 0 Å². The number of hydrogen-bond acceptors (Lipinski definition) is 3. The van der Waals surface area contributed by atoms with Crippen molar-refractivity contribution < 1.29 is 9.53 Å². The molecule has 0 amide bonds. The van der Waals surface area contributed by atoms with Gasteiger partial charge >= 0.3 is 5.97 Å². The molecule has 0 spiro atoms. The van der Waals surface area contributed by atoms with Crippen molar-refractivity contribution in [3.63, 3.8) is 0 Å². The molecule has 2 aliphatic rings. The molecule has 2 fully saturated rings. The fourth-order valence-electron chi connectivity index (χ4n) is 2.80. The van der Waals surface area contributed by atoms with Crippen molar-refractivity contribution in [2.24, 2.45) is 11.8 Å². The molecule has 1 aliphatic heterocycles. The van der Waals surface area contributed by atoms with E-state index in [0.29, 0.717) is 12.0 Å². The van der Waals surface area contributed by atoms with Crippen molar-refractivity contribution in [3.05, 3.63) is 0 Å². The molecule has 13 heavy (non-hydrogen) atoms. The SMILES string of the molecule is COC(=O)C1CCCC2NCCC21. The van der Waals surface area contributed by atoms with Gasteiger partial charge in [-0.3, -0.25) is 4.79 Å². The van der Waals surface area contributed by atoms with Crippen molar-refractivity contribution in [3.8, 4) is 0 Å². The number of nitrogens with one attached hydrogen (secondary N) is 1. The van der Waals surface area contributed by atoms with Crippen LogP contribution < -0.4 is 5.32 Å². The highest BCUT2D eigenvalue weighted by Crippen LogP contribution is 2.36. The molecule has 2 rings (SSSR count). The molecule has 74 valence electrons. The highest BCUT2D eigenvalue weighted by atomic mass is 16.5. The predicted molar refractivity (Wildman–Crippen MR) is 49.3 cm³/mol. The molecule has 1 saturated heterocycles. The maximum Gasteiger partial charge on any atom is 0.308 e. The third-order valence-corrected chi connectivity index (χ3v) is 3.45. The van der Waals surface area contributed by atoms with E-state index in [9.17, 15) is 4.79 Å². The minimum absolute atomic E-state index is 0.00148. The second kappa shape index (κ2) is 3.66. The molecule has 3 atom stereocenters. The van der Waals surface area contributed by atoms with Gasteiger partial charge in [-0.25, -0.2) is 0 Å². The second-order valence-electron chi connectivity index (χ2n) is 4.07. The van der Waals surface area contributed by atoms with Crippen LogP contribution in [0.1, 0.15) is 25.7 Å². The van der Waals surface area contributed by atoms with E-state index in [0.717, 1.165) is 25.8 Å². The summed E-state index contributed by atoms with van der Waals surface area (Å²) >= 11 is 0. The van der Waals surface area contributed by atoms with Crippen LogP contribution in [0.25, 0.3) is 0 Å². The number of ether oxygens (including phenoxy) is 1. The van der Waals surface area contributed by atoms with Crippen LogP contribution >= 0.6 is 0 Å². The van der Waals surface area contributed by atoms with E-state index in [-0.39, 0.29) is 11.9 Å². The van der Waals surface area contributed by atoms with Gasteiger partial charge in [0, 0.05) is 6.04 Å². The van der Waals surface area contributed by atoms with Crippen molar-refractivity contribution in [1.82, 2.24) is 5.32 Å². The summed E-state index contributed by atoms with van der Waals surface area (Å²) in [5.74, 6) is 0.707. The quantitative estimate of drug-likeness (QED) is 0.615. The molecule has 3 nitrogen and oxygen atoms in total. The second-order valence-corrected chi connectivity index (χ2v) is 4.07. The molecule has 0 aromatic rings. The van der Waals surface area contributed by atoms with Crippen molar-refractivity contribution in [2.45, 2.75) is 31.7 Å². The summed E-state index contributed by atoms with van der Waals surface area (Å²) in [7, 11) is 1.49. The molecule has 3 unspecified atom stereocenters. The van der Waals surface area contributed by atoms with E-state index >= 15 is 0 Å². The van der Waals surface area contributed by atoms with E-state index < -0.39 is 0 Å². The summed E-state index contributed by atoms with van der Waals surface area (Å²) in [4.78, 5) is 11.5. The van der Waals surface area contributed by atoms with Gasteiger partial charge in [0.25, 0.3) is 0 Å². The van der Waals surface area contributed by atoms with Gasteiger partial charge in [0.05, 0.1) is 13.0 Å². The molecule has 1 N–H and O–H groups in total. The van der Waals surface area contributed by atoms with Gasteiger partial charge < -0.3 is 10.1 Å². The maximum absolute atomic E-state index is 11.5. The van der Waals surface area contributed by atoms with Gasteiger partial charge in [0.15, 0.2) is 0 Å². The van der Waals surface area contributed by atoms with Gasteiger partial charge in [-0.05, 0) is 31.7 Å². The number of carbonyl (C=O) groups excluding carboxylic acids is 1. The lowest BCUT2D eigenvalue weighted by Crippen LogP contribution is -2.38. The summed E-state index contributed by atoms with van der Waals surface area (Å²) in [6.45, 7) is 1.07. The molecular formula is C10H17NO2. The molecule has 0 bridgehead atoms. The van der Waals surface area contributed by atoms with E-state index in [1.807, 2.05) is 0 Å². The van der Waals surface area contributed by atoms with E-state index in [4.69, 9.17) is 4.74 Å². The number of methoxy groups -OCH3 is 1. The molecule has 0 aromatic heterocycles. The van der Waals surface area contributed by atoms with Crippen LogP contribution in [-0.4, -0.2) is 25.7 Å². The first-order valence-corrected chi connectivity index (χ1v) is 5.14. The number of hydrogen-bond donors (Lipinski definition) is 1. The van der Waals surface area contributed by atoms with E-state index in [1.54, 1.807) is 0 Å². The molecule has 1 saturated carbocycles.